The number of carbonyl (C=O) groups excluding carboxylic acids is 2. The number of hydrogen-bond donors (Lipinski definition) is 1. The van der Waals surface area contributed by atoms with Crippen LogP contribution in [0, 0.1) is 5.82 Å². The first kappa shape index (κ1) is 21.7. The molecular formula is C26H30FN3O3. The van der Waals surface area contributed by atoms with Crippen LogP contribution in [0.15, 0.2) is 47.1 Å². The average Bonchev–Trinajstić information content (AvgIpc) is 3.36. The van der Waals surface area contributed by atoms with Gasteiger partial charge in [-0.2, -0.15) is 0 Å². The lowest BCUT2D eigenvalue weighted by molar-refractivity contribution is -0.134. The van der Waals surface area contributed by atoms with Crippen molar-refractivity contribution in [3.63, 3.8) is 0 Å². The van der Waals surface area contributed by atoms with Gasteiger partial charge in [-0.05, 0) is 25.8 Å². The van der Waals surface area contributed by atoms with Gasteiger partial charge in [0, 0.05) is 23.7 Å². The second kappa shape index (κ2) is 8.69. The van der Waals surface area contributed by atoms with Gasteiger partial charge in [0.1, 0.15) is 17.1 Å². The van der Waals surface area contributed by atoms with Gasteiger partial charge in [-0.25, -0.2) is 4.39 Å². The van der Waals surface area contributed by atoms with Crippen molar-refractivity contribution in [2.45, 2.75) is 76.5 Å². The fourth-order valence-electron chi connectivity index (χ4n) is 5.26. The van der Waals surface area contributed by atoms with Crippen molar-refractivity contribution < 1.29 is 18.4 Å². The van der Waals surface area contributed by atoms with E-state index in [1.165, 1.54) is 30.2 Å². The third kappa shape index (κ3) is 3.94. The molecule has 1 aromatic carbocycles. The van der Waals surface area contributed by atoms with E-state index in [0.717, 1.165) is 31.2 Å². The quantitative estimate of drug-likeness (QED) is 0.606. The van der Waals surface area contributed by atoms with Gasteiger partial charge < -0.3 is 19.2 Å². The second-order valence-electron chi connectivity index (χ2n) is 9.56. The van der Waals surface area contributed by atoms with Gasteiger partial charge in [0.25, 0.3) is 5.91 Å². The molecule has 0 saturated heterocycles. The predicted octanol–water partition coefficient (Wildman–Crippen LogP) is 5.02. The summed E-state index contributed by atoms with van der Waals surface area (Å²) >= 11 is 0. The van der Waals surface area contributed by atoms with Crippen LogP contribution in [0.2, 0.25) is 0 Å². The van der Waals surface area contributed by atoms with Crippen molar-refractivity contribution in [1.29, 1.82) is 0 Å². The van der Waals surface area contributed by atoms with E-state index >= 15 is 0 Å². The number of nitrogens with one attached hydrogen (secondary N) is 1. The van der Waals surface area contributed by atoms with E-state index < -0.39 is 5.54 Å². The highest BCUT2D eigenvalue weighted by atomic mass is 19.1. The van der Waals surface area contributed by atoms with Gasteiger partial charge in [0.05, 0.1) is 24.9 Å². The number of amides is 2. The van der Waals surface area contributed by atoms with E-state index in [-0.39, 0.29) is 36.8 Å². The molecule has 1 unspecified atom stereocenters. The number of halogens is 1. The molecule has 0 bridgehead atoms. The Kier molecular flexibility index (Phi) is 5.72. The van der Waals surface area contributed by atoms with Gasteiger partial charge in [0.2, 0.25) is 5.91 Å². The third-order valence-corrected chi connectivity index (χ3v) is 7.26. The molecule has 5 rings (SSSR count). The van der Waals surface area contributed by atoms with E-state index in [0.29, 0.717) is 16.8 Å². The first-order chi connectivity index (χ1) is 16.0. The Morgan fingerprint density at radius 3 is 2.64 bits per heavy atom. The number of rotatable bonds is 4. The molecule has 1 fully saturated rings. The number of hydrogen-bond acceptors (Lipinski definition) is 3. The Morgan fingerprint density at radius 2 is 1.88 bits per heavy atom. The molecule has 0 spiro atoms. The molecule has 1 aliphatic carbocycles. The van der Waals surface area contributed by atoms with Crippen molar-refractivity contribution in [3.05, 3.63) is 59.7 Å². The molecule has 2 amide bonds. The number of furan rings is 1. The lowest BCUT2D eigenvalue weighted by Gasteiger charge is -2.44. The molecule has 1 N–H and O–H groups in total. The molecule has 1 aliphatic heterocycles. The van der Waals surface area contributed by atoms with E-state index in [4.69, 9.17) is 4.42 Å². The molecule has 2 aromatic heterocycles. The molecule has 1 atom stereocenters. The summed E-state index contributed by atoms with van der Waals surface area (Å²) in [5.74, 6) is -0.872. The Hall–Kier alpha value is -3.09. The van der Waals surface area contributed by atoms with Gasteiger partial charge in [0.15, 0.2) is 5.58 Å². The normalized spacial score (nSPS) is 22.1. The van der Waals surface area contributed by atoms with Crippen molar-refractivity contribution in [3.8, 4) is 0 Å². The average molecular weight is 452 g/mol. The summed E-state index contributed by atoms with van der Waals surface area (Å²) in [6.45, 7) is 2.09. The van der Waals surface area contributed by atoms with Gasteiger partial charge in [-0.3, -0.25) is 9.59 Å². The summed E-state index contributed by atoms with van der Waals surface area (Å²) < 4.78 is 21.9. The molecule has 0 radical (unpaired) electrons. The van der Waals surface area contributed by atoms with Crippen LogP contribution in [-0.4, -0.2) is 32.9 Å². The maximum Gasteiger partial charge on any atom is 0.271 e. The zero-order chi connectivity index (χ0) is 23.0. The Morgan fingerprint density at radius 1 is 1.15 bits per heavy atom. The fraction of sp³-hybridized carbons (Fsp3) is 0.462. The standard InChI is InChI=1S/C26H30FN3O3/c1-26(25(32)28-19-10-5-3-2-4-6-11-19)17-29-21-13-14-33-23(21)15-22(29)24(31)30(26)16-18-9-7-8-12-20(18)27/h7-9,12-15,19H,2-6,10-11,16-17H2,1H3,(H,28,32). The molecule has 3 heterocycles. The maximum absolute atomic E-state index is 14.5. The largest absolute Gasteiger partial charge is 0.463 e. The minimum absolute atomic E-state index is 0.0205. The summed E-state index contributed by atoms with van der Waals surface area (Å²) in [5, 5.41) is 3.25. The zero-order valence-electron chi connectivity index (χ0n) is 19.0. The highest BCUT2D eigenvalue weighted by Crippen LogP contribution is 2.34. The van der Waals surface area contributed by atoms with E-state index in [1.807, 2.05) is 10.6 Å². The SMILES string of the molecule is CC1(C(=O)NC2CCCCCCC2)Cn2c(cc3occc32)C(=O)N1Cc1ccccc1F. The molecular weight excluding hydrogens is 421 g/mol. The monoisotopic (exact) mass is 451 g/mol. The van der Waals surface area contributed by atoms with Crippen LogP contribution >= 0.6 is 0 Å². The van der Waals surface area contributed by atoms with Crippen LogP contribution in [-0.2, 0) is 17.9 Å². The number of carbonyl (C=O) groups is 2. The van der Waals surface area contributed by atoms with Crippen molar-refractivity contribution in [1.82, 2.24) is 14.8 Å². The summed E-state index contributed by atoms with van der Waals surface area (Å²) in [5.41, 5.74) is 1.07. The predicted molar refractivity (Wildman–Crippen MR) is 123 cm³/mol. The number of benzene rings is 1. The van der Waals surface area contributed by atoms with E-state index in [9.17, 15) is 14.0 Å². The van der Waals surface area contributed by atoms with Crippen LogP contribution in [0.1, 0.15) is 67.9 Å². The molecule has 33 heavy (non-hydrogen) atoms. The van der Waals surface area contributed by atoms with Gasteiger partial charge in [-0.1, -0.05) is 50.3 Å². The maximum atomic E-state index is 14.5. The summed E-state index contributed by atoms with van der Waals surface area (Å²) in [7, 11) is 0. The van der Waals surface area contributed by atoms with Crippen molar-refractivity contribution in [2.24, 2.45) is 0 Å². The smallest absolute Gasteiger partial charge is 0.271 e. The summed E-state index contributed by atoms with van der Waals surface area (Å²) in [4.78, 5) is 29.0. The van der Waals surface area contributed by atoms with Crippen LogP contribution in [0.5, 0.6) is 0 Å². The first-order valence-electron chi connectivity index (χ1n) is 11.9. The van der Waals surface area contributed by atoms with Gasteiger partial charge in [-0.15, -0.1) is 0 Å². The van der Waals surface area contributed by atoms with E-state index in [2.05, 4.69) is 5.32 Å². The molecule has 1 saturated carbocycles. The first-order valence-corrected chi connectivity index (χ1v) is 11.9. The molecule has 3 aromatic rings. The third-order valence-electron chi connectivity index (χ3n) is 7.26. The molecule has 174 valence electrons. The Balaban J connectivity index is 1.50. The lowest BCUT2D eigenvalue weighted by Crippen LogP contribution is -2.64. The fourth-order valence-corrected chi connectivity index (χ4v) is 5.26. The minimum Gasteiger partial charge on any atom is -0.463 e. The molecule has 7 heteroatoms. The summed E-state index contributed by atoms with van der Waals surface area (Å²) in [6.07, 6.45) is 9.29. The number of fused-ring (bicyclic) bond motifs is 3. The Bertz CT molecular complexity index is 1170. The lowest BCUT2D eigenvalue weighted by atomic mass is 9.91. The van der Waals surface area contributed by atoms with Crippen LogP contribution in [0.25, 0.3) is 11.1 Å². The highest BCUT2D eigenvalue weighted by Gasteiger charge is 2.48. The van der Waals surface area contributed by atoms with Crippen molar-refractivity contribution >= 4 is 22.9 Å². The summed E-state index contributed by atoms with van der Waals surface area (Å²) in [6, 6.07) is 10.0. The van der Waals surface area contributed by atoms with Crippen molar-refractivity contribution in [2.75, 3.05) is 0 Å². The zero-order valence-corrected chi connectivity index (χ0v) is 19.0. The van der Waals surface area contributed by atoms with E-state index in [1.54, 1.807) is 37.5 Å². The number of nitrogens with zero attached hydrogens (tertiary/aromatic N) is 2. The molecule has 6 nitrogen and oxygen atoms in total. The number of aromatic nitrogens is 1. The second-order valence-corrected chi connectivity index (χ2v) is 9.56. The van der Waals surface area contributed by atoms with Crippen LogP contribution in [0.3, 0.4) is 0 Å². The van der Waals surface area contributed by atoms with Gasteiger partial charge >= 0.3 is 0 Å². The molecule has 2 aliphatic rings. The van der Waals surface area contributed by atoms with Crippen LogP contribution in [0.4, 0.5) is 4.39 Å². The minimum atomic E-state index is -1.17. The van der Waals surface area contributed by atoms with Crippen LogP contribution < -0.4 is 5.32 Å². The highest BCUT2D eigenvalue weighted by molar-refractivity contribution is 6.02. The topological polar surface area (TPSA) is 67.5 Å². The Labute approximate surface area is 192 Å².